The number of aliphatic imine (C=N–C) groups is 1. The van der Waals surface area contributed by atoms with Crippen molar-refractivity contribution in [2.24, 2.45) is 4.99 Å². The molecular weight excluding hydrogens is 117 g/mol. The molecule has 3 heteroatoms. The number of hydrogen-bond acceptors (Lipinski definition) is 2. The molecular formula is C4H6NNaS. The van der Waals surface area contributed by atoms with Crippen LogP contribution in [0.3, 0.4) is 0 Å². The average Bonchev–Trinajstić information content (AvgIpc) is 1.61. The molecule has 0 aromatic rings. The molecule has 0 amide bonds. The van der Waals surface area contributed by atoms with E-state index < -0.39 is 0 Å². The Kier molecular flexibility index (Phi) is 14.6. The third kappa shape index (κ3) is 10.8. The van der Waals surface area contributed by atoms with E-state index in [4.69, 9.17) is 0 Å². The molecule has 0 N–H and O–H groups in total. The van der Waals surface area contributed by atoms with E-state index in [-0.39, 0.29) is 31.0 Å². The molecule has 0 aliphatic heterocycles. The summed E-state index contributed by atoms with van der Waals surface area (Å²) in [5, 5.41) is 2.21. The summed E-state index contributed by atoms with van der Waals surface area (Å²) in [7, 11) is 0. The number of rotatable bonds is 2. The zero-order valence-corrected chi connectivity index (χ0v) is 7.16. The first-order chi connectivity index (χ1) is 2.91. The van der Waals surface area contributed by atoms with Crippen molar-refractivity contribution in [3.63, 3.8) is 0 Å². The zero-order valence-electron chi connectivity index (χ0n) is 5.35. The first-order valence-corrected chi connectivity index (χ1v) is 1.97. The van der Waals surface area contributed by atoms with Gasteiger partial charge in [0.05, 0.1) is 11.7 Å². The maximum Gasteiger partial charge on any atom is 1.00 e. The van der Waals surface area contributed by atoms with Crippen molar-refractivity contribution in [1.29, 1.82) is 0 Å². The van der Waals surface area contributed by atoms with Gasteiger partial charge in [0.1, 0.15) is 0 Å². The van der Waals surface area contributed by atoms with Crippen LogP contribution in [-0.4, -0.2) is 11.7 Å². The van der Waals surface area contributed by atoms with Crippen molar-refractivity contribution in [1.82, 2.24) is 0 Å². The number of nitrogens with zero attached hydrogens (tertiary/aromatic N) is 1. The molecule has 1 nitrogen and oxygen atoms in total. The Balaban J connectivity index is -0.000000125. The monoisotopic (exact) mass is 123 g/mol. The molecule has 7 heavy (non-hydrogen) atoms. The van der Waals surface area contributed by atoms with E-state index in [0.717, 1.165) is 0 Å². The molecule has 0 fully saturated rings. The molecule has 0 aromatic carbocycles. The molecule has 0 heterocycles. The summed E-state index contributed by atoms with van der Waals surface area (Å²) >= 11 is 4.25. The van der Waals surface area contributed by atoms with E-state index in [1.165, 1.54) is 0 Å². The Morgan fingerprint density at radius 2 is 2.57 bits per heavy atom. The molecule has 0 aromatic heterocycles. The second-order valence-corrected chi connectivity index (χ2v) is 0.903. The SMILES string of the molecule is C=CCN=C=S.[H-].[Na+]. The van der Waals surface area contributed by atoms with Crippen LogP contribution in [-0.2, 0) is 0 Å². The number of isothiocyanates is 1. The third-order valence-electron chi connectivity index (χ3n) is 0.285. The Bertz CT molecular complexity index is 90.0. The van der Waals surface area contributed by atoms with Gasteiger partial charge in [-0.2, -0.15) is 0 Å². The standard InChI is InChI=1S/C4H5NS.Na.H/c1-2-3-5-4-6;;/h2H,1,3H2;;/q;+1;-1. The van der Waals surface area contributed by atoms with Crippen LogP contribution in [0.25, 0.3) is 0 Å². The zero-order chi connectivity index (χ0) is 4.83. The fourth-order valence-electron chi connectivity index (χ4n) is 0.102. The molecule has 0 saturated heterocycles. The predicted octanol–water partition coefficient (Wildman–Crippen LogP) is -1.61. The Hall–Kier alpha value is 0.540. The van der Waals surface area contributed by atoms with Gasteiger partial charge in [0.15, 0.2) is 0 Å². The van der Waals surface area contributed by atoms with Crippen LogP contribution < -0.4 is 29.6 Å². The van der Waals surface area contributed by atoms with Crippen molar-refractivity contribution in [3.05, 3.63) is 12.7 Å². The minimum Gasteiger partial charge on any atom is -1.00 e. The van der Waals surface area contributed by atoms with Crippen LogP contribution in [0.5, 0.6) is 0 Å². The van der Waals surface area contributed by atoms with Gasteiger partial charge in [0, 0.05) is 0 Å². The fourth-order valence-corrected chi connectivity index (χ4v) is 0.176. The Morgan fingerprint density at radius 1 is 2.00 bits per heavy atom. The van der Waals surface area contributed by atoms with E-state index in [0.29, 0.717) is 6.54 Å². The molecule has 0 unspecified atom stereocenters. The van der Waals surface area contributed by atoms with Gasteiger partial charge in [-0.3, -0.25) is 0 Å². The van der Waals surface area contributed by atoms with Gasteiger partial charge in [-0.25, -0.2) is 4.99 Å². The topological polar surface area (TPSA) is 12.4 Å². The van der Waals surface area contributed by atoms with Crippen molar-refractivity contribution in [2.45, 2.75) is 0 Å². The number of hydrogen-bond donors (Lipinski definition) is 0. The van der Waals surface area contributed by atoms with Crippen molar-refractivity contribution < 1.29 is 31.0 Å². The summed E-state index contributed by atoms with van der Waals surface area (Å²) in [4.78, 5) is 3.54. The van der Waals surface area contributed by atoms with E-state index in [1.807, 2.05) is 0 Å². The second-order valence-electron chi connectivity index (χ2n) is 0.721. The molecule has 0 rings (SSSR count). The fraction of sp³-hybridized carbons (Fsp3) is 0.250. The van der Waals surface area contributed by atoms with Crippen LogP contribution >= 0.6 is 12.2 Å². The van der Waals surface area contributed by atoms with Gasteiger partial charge < -0.3 is 1.43 Å². The molecule has 0 bridgehead atoms. The van der Waals surface area contributed by atoms with E-state index in [1.54, 1.807) is 6.08 Å². The van der Waals surface area contributed by atoms with Gasteiger partial charge in [-0.1, -0.05) is 6.08 Å². The van der Waals surface area contributed by atoms with Crippen LogP contribution in [0.2, 0.25) is 0 Å². The second kappa shape index (κ2) is 9.74. The predicted molar refractivity (Wildman–Crippen MR) is 31.2 cm³/mol. The summed E-state index contributed by atoms with van der Waals surface area (Å²) in [6, 6.07) is 0. The average molecular weight is 123 g/mol. The van der Waals surface area contributed by atoms with E-state index in [9.17, 15) is 0 Å². The number of thiocarbonyl (C=S) groups is 1. The summed E-state index contributed by atoms with van der Waals surface area (Å²) < 4.78 is 0. The summed E-state index contributed by atoms with van der Waals surface area (Å²) in [5.74, 6) is 0. The van der Waals surface area contributed by atoms with E-state index >= 15 is 0 Å². The minimum atomic E-state index is 0. The van der Waals surface area contributed by atoms with Crippen LogP contribution in [0, 0.1) is 0 Å². The van der Waals surface area contributed by atoms with Gasteiger partial charge in [0.25, 0.3) is 0 Å². The maximum absolute atomic E-state index is 4.25. The molecule has 0 atom stereocenters. The molecule has 0 radical (unpaired) electrons. The third-order valence-corrected chi connectivity index (χ3v) is 0.414. The molecule has 0 saturated carbocycles. The van der Waals surface area contributed by atoms with Crippen molar-refractivity contribution >= 4 is 17.4 Å². The minimum absolute atomic E-state index is 0. The molecule has 0 aliphatic carbocycles. The Labute approximate surface area is 72.3 Å². The normalized spacial score (nSPS) is 5.14. The smallest absolute Gasteiger partial charge is 1.00 e. The van der Waals surface area contributed by atoms with Gasteiger partial charge in [-0.15, -0.1) is 6.58 Å². The van der Waals surface area contributed by atoms with E-state index in [2.05, 4.69) is 29.0 Å². The van der Waals surface area contributed by atoms with Crippen LogP contribution in [0.4, 0.5) is 0 Å². The largest absolute Gasteiger partial charge is 1.00 e. The van der Waals surface area contributed by atoms with Crippen molar-refractivity contribution in [3.8, 4) is 0 Å². The van der Waals surface area contributed by atoms with Crippen molar-refractivity contribution in [2.75, 3.05) is 6.54 Å². The Morgan fingerprint density at radius 3 is 2.71 bits per heavy atom. The maximum atomic E-state index is 4.25. The summed E-state index contributed by atoms with van der Waals surface area (Å²) in [6.07, 6.45) is 1.67. The van der Waals surface area contributed by atoms with Gasteiger partial charge in [-0.05, 0) is 12.2 Å². The van der Waals surface area contributed by atoms with Gasteiger partial charge in [0.2, 0.25) is 0 Å². The molecule has 0 spiro atoms. The quantitative estimate of drug-likeness (QED) is 0.186. The summed E-state index contributed by atoms with van der Waals surface area (Å²) in [6.45, 7) is 4.00. The first kappa shape index (κ1) is 10.5. The summed E-state index contributed by atoms with van der Waals surface area (Å²) in [5.41, 5.74) is 0. The molecule has 0 aliphatic rings. The first-order valence-electron chi connectivity index (χ1n) is 1.56. The van der Waals surface area contributed by atoms with Gasteiger partial charge >= 0.3 is 29.6 Å². The van der Waals surface area contributed by atoms with Crippen LogP contribution in [0.15, 0.2) is 17.6 Å². The molecule has 34 valence electrons. The van der Waals surface area contributed by atoms with Crippen LogP contribution in [0.1, 0.15) is 1.43 Å².